The third-order valence-electron chi connectivity index (χ3n) is 6.29. The normalized spacial score (nSPS) is 18.0. The van der Waals surface area contributed by atoms with Crippen LogP contribution in [0.3, 0.4) is 0 Å². The highest BCUT2D eigenvalue weighted by atomic mass is 32.2. The summed E-state index contributed by atoms with van der Waals surface area (Å²) in [6.45, 7) is 4.07. The monoisotopic (exact) mass is 527 g/mol. The van der Waals surface area contributed by atoms with E-state index < -0.39 is 16.1 Å². The third-order valence-corrected chi connectivity index (χ3v) is 7.56. The van der Waals surface area contributed by atoms with Crippen molar-refractivity contribution < 1.29 is 22.7 Å². The lowest BCUT2D eigenvalue weighted by atomic mass is 10.1. The number of sulfonamides is 1. The van der Waals surface area contributed by atoms with Crippen LogP contribution in [0.2, 0.25) is 0 Å². The highest BCUT2D eigenvalue weighted by Gasteiger charge is 2.34. The summed E-state index contributed by atoms with van der Waals surface area (Å²) in [6.07, 6.45) is 6.30. The van der Waals surface area contributed by atoms with Crippen LogP contribution < -0.4 is 19.7 Å². The number of aryl methyl sites for hydroxylation is 1. The molecule has 13 heteroatoms. The van der Waals surface area contributed by atoms with Crippen molar-refractivity contribution in [2.75, 3.05) is 44.0 Å². The van der Waals surface area contributed by atoms with Crippen molar-refractivity contribution in [2.45, 2.75) is 25.9 Å². The van der Waals surface area contributed by atoms with Crippen LogP contribution in [0.15, 0.2) is 43.0 Å². The van der Waals surface area contributed by atoms with Crippen molar-refractivity contribution in [1.82, 2.24) is 29.1 Å². The first-order valence-electron chi connectivity index (χ1n) is 12.0. The van der Waals surface area contributed by atoms with E-state index in [0.29, 0.717) is 56.1 Å². The number of imidazole rings is 1. The fraction of sp³-hybridized carbons (Fsp3) is 0.417. The first kappa shape index (κ1) is 25.0. The molecule has 0 bridgehead atoms. The molecule has 1 N–H and O–H groups in total. The summed E-state index contributed by atoms with van der Waals surface area (Å²) >= 11 is 0. The molecule has 1 saturated heterocycles. The Labute approximate surface area is 215 Å². The van der Waals surface area contributed by atoms with Crippen LogP contribution in [0, 0.1) is 6.92 Å². The lowest BCUT2D eigenvalue weighted by Gasteiger charge is -2.41. The lowest BCUT2D eigenvalue weighted by Crippen LogP contribution is -2.56. The van der Waals surface area contributed by atoms with Gasteiger partial charge in [0.1, 0.15) is 25.4 Å². The molecule has 0 aliphatic carbocycles. The van der Waals surface area contributed by atoms with Gasteiger partial charge in [-0.3, -0.25) is 9.36 Å². The van der Waals surface area contributed by atoms with Crippen LogP contribution in [0.25, 0.3) is 5.95 Å². The van der Waals surface area contributed by atoms with Crippen LogP contribution in [-0.2, 0) is 21.4 Å². The number of nitrogens with zero attached hydrogens (tertiary/aromatic N) is 6. The molecule has 196 valence electrons. The van der Waals surface area contributed by atoms with Gasteiger partial charge in [0.25, 0.3) is 0 Å². The number of benzene rings is 1. The molecule has 0 saturated carbocycles. The maximum Gasteiger partial charge on any atom is 0.237 e. The highest BCUT2D eigenvalue weighted by molar-refractivity contribution is 7.88. The van der Waals surface area contributed by atoms with Gasteiger partial charge < -0.3 is 19.7 Å². The molecule has 0 spiro atoms. The molecule has 37 heavy (non-hydrogen) atoms. The Balaban J connectivity index is 1.33. The van der Waals surface area contributed by atoms with Crippen LogP contribution in [-0.4, -0.2) is 83.3 Å². The average molecular weight is 528 g/mol. The average Bonchev–Trinajstić information content (AvgIpc) is 3.42. The number of nitrogens with one attached hydrogen (secondary N) is 1. The molecule has 3 aromatic rings. The molecule has 0 radical (unpaired) electrons. The van der Waals surface area contributed by atoms with Crippen LogP contribution in [0.4, 0.5) is 5.82 Å². The number of anilines is 1. The Bertz CT molecular complexity index is 1380. The van der Waals surface area contributed by atoms with Gasteiger partial charge >= 0.3 is 0 Å². The first-order valence-corrected chi connectivity index (χ1v) is 13.8. The molecule has 1 amide bonds. The lowest BCUT2D eigenvalue weighted by molar-refractivity contribution is -0.121. The Morgan fingerprint density at radius 1 is 1.14 bits per heavy atom. The molecule has 2 aliphatic rings. The molecule has 2 aromatic heterocycles. The number of rotatable bonds is 7. The number of carbonyl (C=O) groups is 1. The van der Waals surface area contributed by atoms with E-state index in [-0.39, 0.29) is 18.9 Å². The highest BCUT2D eigenvalue weighted by Crippen LogP contribution is 2.30. The summed E-state index contributed by atoms with van der Waals surface area (Å²) < 4.78 is 38.9. The quantitative estimate of drug-likeness (QED) is 0.476. The van der Waals surface area contributed by atoms with Crippen molar-refractivity contribution in [1.29, 1.82) is 0 Å². The van der Waals surface area contributed by atoms with Crippen molar-refractivity contribution in [3.05, 3.63) is 54.2 Å². The number of carbonyl (C=O) groups excluding carboxylic acids is 1. The fourth-order valence-electron chi connectivity index (χ4n) is 4.47. The molecule has 2 aliphatic heterocycles. The van der Waals surface area contributed by atoms with E-state index in [2.05, 4.69) is 15.3 Å². The van der Waals surface area contributed by atoms with Crippen molar-refractivity contribution >= 4 is 21.7 Å². The number of ether oxygens (including phenoxy) is 2. The Kier molecular flexibility index (Phi) is 6.98. The second-order valence-corrected chi connectivity index (χ2v) is 11.0. The third kappa shape index (κ3) is 5.83. The van der Waals surface area contributed by atoms with Crippen molar-refractivity contribution in [3.63, 3.8) is 0 Å². The minimum Gasteiger partial charge on any atom is -0.486 e. The molecular weight excluding hydrogens is 498 g/mol. The zero-order valence-electron chi connectivity index (χ0n) is 20.7. The minimum atomic E-state index is -3.41. The topological polar surface area (TPSA) is 132 Å². The molecule has 12 nitrogen and oxygen atoms in total. The van der Waals surface area contributed by atoms with Crippen molar-refractivity contribution in [2.24, 2.45) is 0 Å². The summed E-state index contributed by atoms with van der Waals surface area (Å²) in [7, 11) is -3.41. The number of hydrogen-bond acceptors (Lipinski definition) is 9. The van der Waals surface area contributed by atoms with Gasteiger partial charge in [-0.1, -0.05) is 6.07 Å². The van der Waals surface area contributed by atoms with Crippen LogP contribution in [0.1, 0.15) is 17.7 Å². The smallest absolute Gasteiger partial charge is 0.237 e. The van der Waals surface area contributed by atoms with Gasteiger partial charge in [-0.05, 0) is 24.6 Å². The van der Waals surface area contributed by atoms with E-state index in [1.165, 1.54) is 10.6 Å². The molecular formula is C24H29N7O5S. The second-order valence-electron chi connectivity index (χ2n) is 9.06. The van der Waals surface area contributed by atoms with Gasteiger partial charge in [0.15, 0.2) is 11.5 Å². The summed E-state index contributed by atoms with van der Waals surface area (Å²) in [5.41, 5.74) is 1.63. The van der Waals surface area contributed by atoms with Crippen LogP contribution >= 0.6 is 0 Å². The molecule has 1 fully saturated rings. The first-order chi connectivity index (χ1) is 17.8. The van der Waals surface area contributed by atoms with E-state index in [1.807, 2.05) is 36.1 Å². The zero-order chi connectivity index (χ0) is 26.0. The molecule has 1 atom stereocenters. The predicted molar refractivity (Wildman–Crippen MR) is 135 cm³/mol. The van der Waals surface area contributed by atoms with Gasteiger partial charge in [0.2, 0.25) is 21.9 Å². The molecule has 1 aromatic carbocycles. The zero-order valence-corrected chi connectivity index (χ0v) is 21.5. The number of hydrogen-bond donors (Lipinski definition) is 1. The second kappa shape index (κ2) is 10.3. The Hall–Kier alpha value is -3.71. The molecule has 1 unspecified atom stereocenters. The van der Waals surface area contributed by atoms with E-state index in [1.54, 1.807) is 23.3 Å². The Morgan fingerprint density at radius 2 is 1.95 bits per heavy atom. The number of amides is 1. The maximum atomic E-state index is 13.0. The number of fused-ring (bicyclic) bond motifs is 1. The largest absolute Gasteiger partial charge is 0.486 e. The number of aromatic nitrogens is 4. The SMILES string of the molecule is Cc1cc(N2CCN(S(C)(=O)=O)CC2CC(=O)NCc2ccc3c(c2)OCCO3)nc(-n2ccnc2)n1. The van der Waals surface area contributed by atoms with Gasteiger partial charge in [-0.15, -0.1) is 0 Å². The van der Waals surface area contributed by atoms with Gasteiger partial charge in [0, 0.05) is 56.8 Å². The van der Waals surface area contributed by atoms with E-state index in [9.17, 15) is 13.2 Å². The summed E-state index contributed by atoms with van der Waals surface area (Å²) in [5, 5.41) is 2.95. The molecule has 4 heterocycles. The fourth-order valence-corrected chi connectivity index (χ4v) is 5.32. The Morgan fingerprint density at radius 3 is 2.70 bits per heavy atom. The number of piperazine rings is 1. The van der Waals surface area contributed by atoms with E-state index in [4.69, 9.17) is 14.5 Å². The predicted octanol–water partition coefficient (Wildman–Crippen LogP) is 0.899. The van der Waals surface area contributed by atoms with E-state index >= 15 is 0 Å². The summed E-state index contributed by atoms with van der Waals surface area (Å²) in [6, 6.07) is 7.00. The van der Waals surface area contributed by atoms with Gasteiger partial charge in [-0.25, -0.2) is 18.4 Å². The summed E-state index contributed by atoms with van der Waals surface area (Å²) in [4.78, 5) is 28.2. The van der Waals surface area contributed by atoms with Gasteiger partial charge in [0.05, 0.1) is 12.3 Å². The van der Waals surface area contributed by atoms with E-state index in [0.717, 1.165) is 11.3 Å². The van der Waals surface area contributed by atoms with Crippen molar-refractivity contribution in [3.8, 4) is 17.4 Å². The molecule has 5 rings (SSSR count). The standard InChI is InChI=1S/C24H29N7O5S/c1-17-11-22(28-24(27-17)29-6-5-25-16-29)31-8-7-30(37(2,33)34)15-19(31)13-23(32)26-14-18-3-4-20-21(12-18)36-10-9-35-20/h3-6,11-12,16,19H,7-10,13-15H2,1-2H3,(H,26,32). The maximum absolute atomic E-state index is 13.0. The van der Waals surface area contributed by atoms with Gasteiger partial charge in [-0.2, -0.15) is 9.29 Å². The van der Waals surface area contributed by atoms with Crippen LogP contribution in [0.5, 0.6) is 11.5 Å². The summed E-state index contributed by atoms with van der Waals surface area (Å²) in [5.74, 6) is 2.25. The minimum absolute atomic E-state index is 0.0973.